The van der Waals surface area contributed by atoms with Crippen LogP contribution in [0.5, 0.6) is 0 Å². The molecule has 0 fully saturated rings. The molecular formula is C13H27NO2. The maximum atomic E-state index is 11.6. The number of esters is 1. The summed E-state index contributed by atoms with van der Waals surface area (Å²) in [6, 6.07) is 0. The molecule has 0 radical (unpaired) electrons. The molecule has 0 aromatic rings. The van der Waals surface area contributed by atoms with Crippen LogP contribution in [-0.2, 0) is 9.53 Å². The molecule has 0 saturated heterocycles. The fourth-order valence-electron chi connectivity index (χ4n) is 1.12. The molecule has 1 N–H and O–H groups in total. The van der Waals surface area contributed by atoms with E-state index in [-0.39, 0.29) is 11.5 Å². The lowest BCUT2D eigenvalue weighted by Gasteiger charge is -2.27. The molecule has 16 heavy (non-hydrogen) atoms. The zero-order chi connectivity index (χ0) is 12.8. The van der Waals surface area contributed by atoms with Gasteiger partial charge in [-0.05, 0) is 47.6 Å². The Morgan fingerprint density at radius 3 is 2.19 bits per heavy atom. The van der Waals surface area contributed by atoms with Gasteiger partial charge in [-0.3, -0.25) is 4.79 Å². The van der Waals surface area contributed by atoms with Gasteiger partial charge in [0.2, 0.25) is 0 Å². The molecule has 96 valence electrons. The molecule has 0 amide bonds. The van der Waals surface area contributed by atoms with Crippen molar-refractivity contribution >= 4 is 5.97 Å². The van der Waals surface area contributed by atoms with Crippen molar-refractivity contribution < 1.29 is 9.53 Å². The fraction of sp³-hybridized carbons (Fsp3) is 0.923. The highest BCUT2D eigenvalue weighted by Gasteiger charge is 2.26. The van der Waals surface area contributed by atoms with E-state index in [1.165, 1.54) is 6.42 Å². The summed E-state index contributed by atoms with van der Waals surface area (Å²) in [6.07, 6.45) is 2.32. The van der Waals surface area contributed by atoms with Crippen LogP contribution in [0.2, 0.25) is 0 Å². The molecule has 0 aliphatic heterocycles. The van der Waals surface area contributed by atoms with E-state index in [0.717, 1.165) is 13.0 Å². The van der Waals surface area contributed by atoms with Gasteiger partial charge in [-0.25, -0.2) is 0 Å². The molecule has 0 aromatic carbocycles. The Hall–Kier alpha value is -0.570. The quantitative estimate of drug-likeness (QED) is 0.562. The van der Waals surface area contributed by atoms with Gasteiger partial charge in [0.15, 0.2) is 0 Å². The van der Waals surface area contributed by atoms with Crippen molar-refractivity contribution in [1.29, 1.82) is 0 Å². The highest BCUT2D eigenvalue weighted by Crippen LogP contribution is 2.16. The van der Waals surface area contributed by atoms with Crippen LogP contribution < -0.4 is 5.32 Å². The van der Waals surface area contributed by atoms with Crippen LogP contribution in [0.3, 0.4) is 0 Å². The summed E-state index contributed by atoms with van der Waals surface area (Å²) in [6.45, 7) is 13.3. The van der Waals surface area contributed by atoms with Gasteiger partial charge in [-0.1, -0.05) is 13.3 Å². The van der Waals surface area contributed by atoms with E-state index in [1.807, 2.05) is 20.8 Å². The van der Waals surface area contributed by atoms with Crippen LogP contribution in [-0.4, -0.2) is 24.7 Å². The van der Waals surface area contributed by atoms with Gasteiger partial charge in [0.25, 0.3) is 0 Å². The Bertz CT molecular complexity index is 216. The topological polar surface area (TPSA) is 38.3 Å². The molecule has 0 aliphatic carbocycles. The van der Waals surface area contributed by atoms with Crippen molar-refractivity contribution in [2.75, 3.05) is 13.2 Å². The molecule has 3 heteroatoms. The zero-order valence-electron chi connectivity index (χ0n) is 11.6. The lowest BCUT2D eigenvalue weighted by molar-refractivity contribution is -0.154. The molecule has 0 rings (SSSR count). The average Bonchev–Trinajstić information content (AvgIpc) is 2.13. The summed E-state index contributed by atoms with van der Waals surface area (Å²) in [5, 5.41) is 3.39. The minimum absolute atomic E-state index is 0.141. The molecule has 0 aromatic heterocycles. The van der Waals surface area contributed by atoms with Gasteiger partial charge < -0.3 is 10.1 Å². The minimum Gasteiger partial charge on any atom is -0.463 e. The van der Waals surface area contributed by atoms with Gasteiger partial charge in [0.05, 0.1) is 5.41 Å². The maximum absolute atomic E-state index is 11.6. The Morgan fingerprint density at radius 2 is 1.75 bits per heavy atom. The third kappa shape index (κ3) is 6.83. The van der Waals surface area contributed by atoms with Crippen molar-refractivity contribution in [2.24, 2.45) is 5.41 Å². The lowest BCUT2D eigenvalue weighted by Crippen LogP contribution is -2.45. The van der Waals surface area contributed by atoms with Gasteiger partial charge in [0.1, 0.15) is 6.61 Å². The summed E-state index contributed by atoms with van der Waals surface area (Å²) in [5.41, 5.74) is -0.560. The van der Waals surface area contributed by atoms with Crippen LogP contribution in [0.15, 0.2) is 0 Å². The van der Waals surface area contributed by atoms with Gasteiger partial charge in [-0.15, -0.1) is 0 Å². The van der Waals surface area contributed by atoms with Gasteiger partial charge in [-0.2, -0.15) is 0 Å². The van der Waals surface area contributed by atoms with Crippen LogP contribution in [0, 0.1) is 5.41 Å². The summed E-state index contributed by atoms with van der Waals surface area (Å²) in [5.74, 6) is -0.141. The molecule has 0 saturated carbocycles. The SMILES string of the molecule is CCCCNC(C)(C)COC(=O)C(C)(C)C. The number of ether oxygens (including phenoxy) is 1. The first-order valence-corrected chi connectivity index (χ1v) is 6.11. The second kappa shape index (κ2) is 6.24. The number of unbranched alkanes of at least 4 members (excludes halogenated alkanes) is 1. The van der Waals surface area contributed by atoms with E-state index in [1.54, 1.807) is 0 Å². The summed E-state index contributed by atoms with van der Waals surface area (Å²) in [4.78, 5) is 11.6. The second-order valence-electron chi connectivity index (χ2n) is 5.99. The largest absolute Gasteiger partial charge is 0.463 e. The highest BCUT2D eigenvalue weighted by molar-refractivity contribution is 5.75. The maximum Gasteiger partial charge on any atom is 0.311 e. The normalized spacial score (nSPS) is 12.6. The van der Waals surface area contributed by atoms with Gasteiger partial charge in [0, 0.05) is 5.54 Å². The Morgan fingerprint density at radius 1 is 1.19 bits per heavy atom. The van der Waals surface area contributed by atoms with E-state index in [0.29, 0.717) is 6.61 Å². The lowest BCUT2D eigenvalue weighted by atomic mass is 9.97. The van der Waals surface area contributed by atoms with Crippen molar-refractivity contribution in [3.8, 4) is 0 Å². The van der Waals surface area contributed by atoms with E-state index < -0.39 is 5.41 Å². The predicted octanol–water partition coefficient (Wildman–Crippen LogP) is 2.74. The third-order valence-electron chi connectivity index (χ3n) is 2.31. The molecule has 0 bridgehead atoms. The minimum atomic E-state index is -0.417. The predicted molar refractivity (Wildman–Crippen MR) is 67.4 cm³/mol. The molecule has 0 unspecified atom stereocenters. The van der Waals surface area contributed by atoms with E-state index in [9.17, 15) is 4.79 Å². The van der Waals surface area contributed by atoms with Crippen LogP contribution >= 0.6 is 0 Å². The third-order valence-corrected chi connectivity index (χ3v) is 2.31. The first-order valence-electron chi connectivity index (χ1n) is 6.11. The van der Waals surface area contributed by atoms with Crippen LogP contribution in [0.4, 0.5) is 0 Å². The van der Waals surface area contributed by atoms with Crippen molar-refractivity contribution in [2.45, 2.75) is 59.9 Å². The summed E-state index contributed by atoms with van der Waals surface area (Å²) >= 11 is 0. The zero-order valence-corrected chi connectivity index (χ0v) is 11.6. The highest BCUT2D eigenvalue weighted by atomic mass is 16.5. The number of carbonyl (C=O) groups is 1. The van der Waals surface area contributed by atoms with Crippen molar-refractivity contribution in [3.05, 3.63) is 0 Å². The molecule has 3 nitrogen and oxygen atoms in total. The average molecular weight is 229 g/mol. The number of carbonyl (C=O) groups excluding carboxylic acids is 1. The van der Waals surface area contributed by atoms with Crippen LogP contribution in [0.25, 0.3) is 0 Å². The van der Waals surface area contributed by atoms with Gasteiger partial charge >= 0.3 is 5.97 Å². The molecular weight excluding hydrogens is 202 g/mol. The summed E-state index contributed by atoms with van der Waals surface area (Å²) < 4.78 is 5.30. The molecule has 0 atom stereocenters. The van der Waals surface area contributed by atoms with Crippen molar-refractivity contribution in [3.63, 3.8) is 0 Å². The molecule has 0 heterocycles. The number of hydrogen-bond donors (Lipinski definition) is 1. The number of nitrogens with one attached hydrogen (secondary N) is 1. The van der Waals surface area contributed by atoms with E-state index in [2.05, 4.69) is 26.1 Å². The Labute approximate surface area is 99.9 Å². The molecule has 0 spiro atoms. The van der Waals surface area contributed by atoms with Crippen LogP contribution in [0.1, 0.15) is 54.4 Å². The Kier molecular flexibility index (Phi) is 6.01. The summed E-state index contributed by atoms with van der Waals surface area (Å²) in [7, 11) is 0. The second-order valence-corrected chi connectivity index (χ2v) is 5.99. The van der Waals surface area contributed by atoms with Crippen molar-refractivity contribution in [1.82, 2.24) is 5.32 Å². The Balaban J connectivity index is 3.94. The van der Waals surface area contributed by atoms with E-state index in [4.69, 9.17) is 4.74 Å². The smallest absolute Gasteiger partial charge is 0.311 e. The first kappa shape index (κ1) is 15.4. The first-order chi connectivity index (χ1) is 7.19. The molecule has 0 aliphatic rings. The standard InChI is InChI=1S/C13H27NO2/c1-7-8-9-14-13(5,6)10-16-11(15)12(2,3)4/h14H,7-10H2,1-6H3. The monoisotopic (exact) mass is 229 g/mol. The van der Waals surface area contributed by atoms with E-state index >= 15 is 0 Å². The number of rotatable bonds is 6. The number of hydrogen-bond acceptors (Lipinski definition) is 3. The fourth-order valence-corrected chi connectivity index (χ4v) is 1.12.